The molecule has 3 N–H and O–H groups in total. The summed E-state index contributed by atoms with van der Waals surface area (Å²) < 4.78 is 28.5. The fourth-order valence-electron chi connectivity index (χ4n) is 2.55. The number of benzene rings is 1. The van der Waals surface area contributed by atoms with Crippen molar-refractivity contribution in [3.05, 3.63) is 47.7 Å². The van der Waals surface area contributed by atoms with Crippen molar-refractivity contribution in [3.63, 3.8) is 0 Å². The average Bonchev–Trinajstić information content (AvgIpc) is 3.50. The van der Waals surface area contributed by atoms with Crippen molar-refractivity contribution in [1.29, 1.82) is 0 Å². The van der Waals surface area contributed by atoms with Gasteiger partial charge in [-0.25, -0.2) is 23.5 Å². The number of rotatable bonds is 6. The number of ether oxygens (including phenoxy) is 1. The van der Waals surface area contributed by atoms with Gasteiger partial charge in [-0.3, -0.25) is 0 Å². The summed E-state index contributed by atoms with van der Waals surface area (Å²) in [7, 11) is -3.71. The topological polar surface area (TPSA) is 120 Å². The third kappa shape index (κ3) is 4.03. The first-order valence-corrected chi connectivity index (χ1v) is 10.1. The van der Waals surface area contributed by atoms with E-state index >= 15 is 0 Å². The lowest BCUT2D eigenvalue weighted by Gasteiger charge is -2.11. The van der Waals surface area contributed by atoms with Crippen LogP contribution in [0.25, 0.3) is 11.0 Å². The highest BCUT2D eigenvalue weighted by Crippen LogP contribution is 2.30. The molecule has 2 heterocycles. The highest BCUT2D eigenvalue weighted by Gasteiger charge is 2.26. The van der Waals surface area contributed by atoms with Crippen LogP contribution in [-0.2, 0) is 16.6 Å². The first-order valence-electron chi connectivity index (χ1n) is 8.60. The van der Waals surface area contributed by atoms with Gasteiger partial charge in [0.2, 0.25) is 21.9 Å². The van der Waals surface area contributed by atoms with Gasteiger partial charge < -0.3 is 10.1 Å². The predicted octanol–water partition coefficient (Wildman–Crippen LogP) is 1.81. The third-order valence-electron chi connectivity index (χ3n) is 4.16. The van der Waals surface area contributed by atoms with E-state index in [-0.39, 0.29) is 11.0 Å². The Morgan fingerprint density at radius 2 is 1.89 bits per heavy atom. The Balaban J connectivity index is 1.59. The van der Waals surface area contributed by atoms with E-state index in [0.717, 1.165) is 18.4 Å². The highest BCUT2D eigenvalue weighted by atomic mass is 32.2. The minimum absolute atomic E-state index is 0.0636. The lowest BCUT2D eigenvalue weighted by Crippen LogP contribution is -2.12. The Hall–Kier alpha value is -3.22. The largest absolute Gasteiger partial charge is 0.473 e. The average molecular weight is 395 g/mol. The smallest absolute Gasteiger partial charge is 0.245 e. The molecule has 4 rings (SSSR count). The van der Waals surface area contributed by atoms with Gasteiger partial charge in [-0.1, -0.05) is 18.1 Å². The molecule has 1 aliphatic rings. The summed E-state index contributed by atoms with van der Waals surface area (Å²) in [5, 5.41) is 8.23. The number of sulfonamides is 1. The van der Waals surface area contributed by atoms with E-state index in [1.165, 1.54) is 12.1 Å². The van der Waals surface area contributed by atoms with Gasteiger partial charge in [0.05, 0.1) is 10.4 Å². The minimum atomic E-state index is -3.71. The van der Waals surface area contributed by atoms with Crippen LogP contribution in [0.4, 0.5) is 5.95 Å². The number of hydrogen-bond acceptors (Lipinski definition) is 7. The zero-order valence-electron chi connectivity index (χ0n) is 14.8. The van der Waals surface area contributed by atoms with Crippen molar-refractivity contribution in [2.45, 2.75) is 30.4 Å². The summed E-state index contributed by atoms with van der Waals surface area (Å²) in [6.07, 6.45) is 7.55. The summed E-state index contributed by atoms with van der Waals surface area (Å²) in [5.41, 5.74) is 2.50. The molecule has 2 aromatic heterocycles. The second-order valence-electron chi connectivity index (χ2n) is 6.42. The molecule has 0 atom stereocenters. The zero-order chi connectivity index (χ0) is 19.7. The molecule has 8 nitrogen and oxygen atoms in total. The van der Waals surface area contributed by atoms with E-state index in [1.54, 1.807) is 24.3 Å². The standard InChI is InChI=1S/C19H17N5O3S/c1-2-13-5-10-16-17(22-13)18(27-14-6-7-14)24-19(23-16)21-11-12-3-8-15(9-4-12)28(20,25)26/h1,3-5,8-10,14H,6-7,11H2,(H2,20,25,26)(H,21,23,24). The Kier molecular flexibility index (Phi) is 4.58. The number of primary sulfonamides is 1. The summed E-state index contributed by atoms with van der Waals surface area (Å²) >= 11 is 0. The molecule has 0 saturated heterocycles. The van der Waals surface area contributed by atoms with Crippen LogP contribution in [0.3, 0.4) is 0 Å². The number of nitrogens with two attached hydrogens (primary N) is 1. The fraction of sp³-hybridized carbons (Fsp3) is 0.211. The van der Waals surface area contributed by atoms with Gasteiger partial charge in [-0.2, -0.15) is 4.98 Å². The molecule has 1 aromatic carbocycles. The summed E-state index contributed by atoms with van der Waals surface area (Å²) in [5.74, 6) is 3.29. The monoisotopic (exact) mass is 395 g/mol. The van der Waals surface area contributed by atoms with Crippen molar-refractivity contribution < 1.29 is 13.2 Å². The SMILES string of the molecule is C#Cc1ccc2nc(NCc3ccc(S(N)(=O)=O)cc3)nc(OC3CC3)c2n1. The second kappa shape index (κ2) is 7.07. The van der Waals surface area contributed by atoms with Crippen LogP contribution in [-0.4, -0.2) is 29.5 Å². The van der Waals surface area contributed by atoms with Gasteiger partial charge in [-0.05, 0) is 42.7 Å². The summed E-state index contributed by atoms with van der Waals surface area (Å²) in [6, 6.07) is 9.77. The van der Waals surface area contributed by atoms with Crippen molar-refractivity contribution in [2.75, 3.05) is 5.32 Å². The summed E-state index contributed by atoms with van der Waals surface area (Å²) in [4.78, 5) is 13.3. The van der Waals surface area contributed by atoms with Crippen LogP contribution in [0.15, 0.2) is 41.3 Å². The van der Waals surface area contributed by atoms with Crippen LogP contribution in [0, 0.1) is 12.3 Å². The maximum Gasteiger partial charge on any atom is 0.245 e. The summed E-state index contributed by atoms with van der Waals surface area (Å²) in [6.45, 7) is 0.398. The van der Waals surface area contributed by atoms with Gasteiger partial charge >= 0.3 is 0 Å². The minimum Gasteiger partial charge on any atom is -0.473 e. The molecule has 1 fully saturated rings. The van der Waals surface area contributed by atoms with Crippen molar-refractivity contribution in [3.8, 4) is 18.2 Å². The molecule has 1 aliphatic carbocycles. The molecule has 3 aromatic rings. The van der Waals surface area contributed by atoms with Crippen molar-refractivity contribution in [2.24, 2.45) is 5.14 Å². The van der Waals surface area contributed by atoms with Crippen LogP contribution in [0.1, 0.15) is 24.1 Å². The van der Waals surface area contributed by atoms with Gasteiger partial charge in [0.1, 0.15) is 11.8 Å². The molecule has 0 amide bonds. The molecule has 0 radical (unpaired) electrons. The van der Waals surface area contributed by atoms with E-state index < -0.39 is 10.0 Å². The lowest BCUT2D eigenvalue weighted by molar-refractivity contribution is 0.294. The first-order chi connectivity index (χ1) is 13.4. The third-order valence-corrected chi connectivity index (χ3v) is 5.09. The highest BCUT2D eigenvalue weighted by molar-refractivity contribution is 7.89. The molecule has 28 heavy (non-hydrogen) atoms. The maximum absolute atomic E-state index is 11.3. The quantitative estimate of drug-likeness (QED) is 0.611. The normalized spacial score (nSPS) is 13.9. The Morgan fingerprint density at radius 1 is 1.14 bits per heavy atom. The number of pyridine rings is 1. The van der Waals surface area contributed by atoms with E-state index in [1.807, 2.05) is 0 Å². The number of nitrogens with one attached hydrogen (secondary N) is 1. The number of hydrogen-bond donors (Lipinski definition) is 2. The lowest BCUT2D eigenvalue weighted by atomic mass is 10.2. The van der Waals surface area contributed by atoms with Gasteiger partial charge in [-0.15, -0.1) is 6.42 Å². The molecular formula is C19H17N5O3S. The fourth-order valence-corrected chi connectivity index (χ4v) is 3.07. The number of nitrogens with zero attached hydrogens (tertiary/aromatic N) is 3. The van der Waals surface area contributed by atoms with E-state index in [9.17, 15) is 8.42 Å². The molecule has 142 valence electrons. The van der Waals surface area contributed by atoms with Gasteiger partial charge in [0.15, 0.2) is 5.52 Å². The molecule has 0 aliphatic heterocycles. The molecule has 1 saturated carbocycles. The van der Waals surface area contributed by atoms with Crippen LogP contribution in [0.2, 0.25) is 0 Å². The Labute approximate surface area is 162 Å². The maximum atomic E-state index is 11.3. The van der Waals surface area contributed by atoms with E-state index in [4.69, 9.17) is 16.3 Å². The van der Waals surface area contributed by atoms with Gasteiger partial charge in [0, 0.05) is 6.54 Å². The van der Waals surface area contributed by atoms with Crippen molar-refractivity contribution >= 4 is 27.0 Å². The van der Waals surface area contributed by atoms with Crippen molar-refractivity contribution in [1.82, 2.24) is 15.0 Å². The van der Waals surface area contributed by atoms with Crippen LogP contribution >= 0.6 is 0 Å². The molecule has 0 unspecified atom stereocenters. The van der Waals surface area contributed by atoms with Crippen LogP contribution in [0.5, 0.6) is 5.88 Å². The number of anilines is 1. The Bertz CT molecular complexity index is 1180. The predicted molar refractivity (Wildman–Crippen MR) is 104 cm³/mol. The molecule has 9 heteroatoms. The van der Waals surface area contributed by atoms with Crippen LogP contribution < -0.4 is 15.2 Å². The first kappa shape index (κ1) is 18.2. The number of aromatic nitrogens is 3. The Morgan fingerprint density at radius 3 is 2.54 bits per heavy atom. The molecule has 0 spiro atoms. The second-order valence-corrected chi connectivity index (χ2v) is 7.98. The molecular weight excluding hydrogens is 378 g/mol. The number of fused-ring (bicyclic) bond motifs is 1. The molecule has 0 bridgehead atoms. The van der Waals surface area contributed by atoms with E-state index in [2.05, 4.69) is 26.2 Å². The van der Waals surface area contributed by atoms with Gasteiger partial charge in [0.25, 0.3) is 0 Å². The van der Waals surface area contributed by atoms with E-state index in [0.29, 0.717) is 35.1 Å². The number of terminal acetylenes is 1. The zero-order valence-corrected chi connectivity index (χ0v) is 15.6.